The van der Waals surface area contributed by atoms with Gasteiger partial charge in [-0.15, -0.1) is 0 Å². The molecule has 0 aromatic heterocycles. The van der Waals surface area contributed by atoms with Crippen LogP contribution in [0.15, 0.2) is 42.5 Å². The van der Waals surface area contributed by atoms with Crippen molar-refractivity contribution < 1.29 is 23.1 Å². The van der Waals surface area contributed by atoms with Crippen LogP contribution in [0.25, 0.3) is 0 Å². The number of urea groups is 1. The van der Waals surface area contributed by atoms with E-state index in [-0.39, 0.29) is 25.1 Å². The normalized spacial score (nSPS) is 21.9. The van der Waals surface area contributed by atoms with Crippen LogP contribution in [0.4, 0.5) is 13.6 Å². The van der Waals surface area contributed by atoms with E-state index in [1.165, 1.54) is 12.1 Å². The molecule has 5 nitrogen and oxygen atoms in total. The zero-order valence-electron chi connectivity index (χ0n) is 13.1. The number of carbonyl (C=O) groups is 2. The molecule has 0 saturated carbocycles. The van der Waals surface area contributed by atoms with E-state index in [0.29, 0.717) is 11.3 Å². The second-order valence-corrected chi connectivity index (χ2v) is 6.03. The van der Waals surface area contributed by atoms with E-state index < -0.39 is 29.1 Å². The lowest BCUT2D eigenvalue weighted by Gasteiger charge is -2.33. The lowest BCUT2D eigenvalue weighted by molar-refractivity contribution is -0.133. The third-order valence-corrected chi connectivity index (χ3v) is 4.62. The SMILES string of the molecule is O=C1N[C@]2(CCOc3ccccc32)C(=O)N1Cc1cccc(F)c1F. The van der Waals surface area contributed by atoms with Crippen LogP contribution in [-0.2, 0) is 16.9 Å². The standard InChI is InChI=1S/C18H14F2N2O3/c19-13-6-3-4-11(15(13)20)10-22-16(23)18(21-17(22)24)8-9-25-14-7-2-1-5-12(14)18/h1-7H,8-10H2,(H,21,24)/t18-/m0/s1. The van der Waals surface area contributed by atoms with Gasteiger partial charge >= 0.3 is 6.03 Å². The van der Waals surface area contributed by atoms with Gasteiger partial charge in [-0.1, -0.05) is 30.3 Å². The first kappa shape index (κ1) is 15.6. The molecule has 2 aliphatic rings. The fourth-order valence-corrected chi connectivity index (χ4v) is 3.36. The second kappa shape index (κ2) is 5.54. The summed E-state index contributed by atoms with van der Waals surface area (Å²) in [5, 5.41) is 2.72. The molecule has 0 bridgehead atoms. The van der Waals surface area contributed by atoms with Crippen molar-refractivity contribution in [1.82, 2.24) is 10.2 Å². The molecule has 7 heteroatoms. The Balaban J connectivity index is 1.71. The molecule has 3 amide bonds. The number of carbonyl (C=O) groups excluding carboxylic acids is 2. The molecular formula is C18H14F2N2O3. The van der Waals surface area contributed by atoms with Gasteiger partial charge in [0.05, 0.1) is 13.2 Å². The fraction of sp³-hybridized carbons (Fsp3) is 0.222. The molecule has 1 spiro atoms. The lowest BCUT2D eigenvalue weighted by atomic mass is 9.84. The minimum atomic E-state index is -1.23. The number of fused-ring (bicyclic) bond motifs is 2. The molecular weight excluding hydrogens is 330 g/mol. The van der Waals surface area contributed by atoms with E-state index in [0.717, 1.165) is 11.0 Å². The van der Waals surface area contributed by atoms with E-state index in [1.54, 1.807) is 24.3 Å². The minimum absolute atomic E-state index is 0.0547. The van der Waals surface area contributed by atoms with Crippen LogP contribution in [0.5, 0.6) is 5.75 Å². The number of benzene rings is 2. The summed E-state index contributed by atoms with van der Waals surface area (Å²) >= 11 is 0. The molecule has 0 unspecified atom stereocenters. The molecule has 128 valence electrons. The highest BCUT2D eigenvalue weighted by Gasteiger charge is 2.54. The predicted molar refractivity (Wildman–Crippen MR) is 83.7 cm³/mol. The first-order valence-corrected chi connectivity index (χ1v) is 7.82. The van der Waals surface area contributed by atoms with Crippen molar-refractivity contribution in [2.75, 3.05) is 6.61 Å². The minimum Gasteiger partial charge on any atom is -0.493 e. The van der Waals surface area contributed by atoms with Crippen LogP contribution in [-0.4, -0.2) is 23.4 Å². The van der Waals surface area contributed by atoms with Crippen LogP contribution < -0.4 is 10.1 Å². The largest absolute Gasteiger partial charge is 0.493 e. The quantitative estimate of drug-likeness (QED) is 0.852. The van der Waals surface area contributed by atoms with Crippen LogP contribution >= 0.6 is 0 Å². The summed E-state index contributed by atoms with van der Waals surface area (Å²) in [6.45, 7) is -0.0652. The monoisotopic (exact) mass is 344 g/mol. The molecule has 4 rings (SSSR count). The molecule has 0 aliphatic carbocycles. The second-order valence-electron chi connectivity index (χ2n) is 6.03. The lowest BCUT2D eigenvalue weighted by Crippen LogP contribution is -2.47. The highest BCUT2D eigenvalue weighted by Crippen LogP contribution is 2.41. The van der Waals surface area contributed by atoms with Crippen LogP contribution in [0, 0.1) is 11.6 Å². The first-order chi connectivity index (χ1) is 12.0. The van der Waals surface area contributed by atoms with Gasteiger partial charge in [0.15, 0.2) is 17.2 Å². The number of amides is 3. The Labute approximate surface area is 142 Å². The maximum atomic E-state index is 13.9. The number of para-hydroxylation sites is 1. The number of nitrogens with zero attached hydrogens (tertiary/aromatic N) is 1. The van der Waals surface area contributed by atoms with Gasteiger partial charge in [-0.05, 0) is 12.1 Å². The van der Waals surface area contributed by atoms with Crippen molar-refractivity contribution in [1.29, 1.82) is 0 Å². The topological polar surface area (TPSA) is 58.6 Å². The molecule has 25 heavy (non-hydrogen) atoms. The van der Waals surface area contributed by atoms with Crippen molar-refractivity contribution in [2.24, 2.45) is 0 Å². The maximum absolute atomic E-state index is 13.9. The molecule has 0 radical (unpaired) electrons. The van der Waals surface area contributed by atoms with E-state index in [4.69, 9.17) is 4.74 Å². The molecule has 2 aromatic rings. The smallest absolute Gasteiger partial charge is 0.325 e. The number of hydrogen-bond donors (Lipinski definition) is 1. The average Bonchev–Trinajstić information content (AvgIpc) is 2.84. The Hall–Kier alpha value is -2.96. The molecule has 2 aliphatic heterocycles. The summed E-state index contributed by atoms with van der Waals surface area (Å²) in [6.07, 6.45) is 0.275. The number of halogens is 2. The highest BCUT2D eigenvalue weighted by molar-refractivity contribution is 6.07. The zero-order valence-corrected chi connectivity index (χ0v) is 13.1. The van der Waals surface area contributed by atoms with E-state index in [9.17, 15) is 18.4 Å². The van der Waals surface area contributed by atoms with Crippen molar-refractivity contribution in [3.8, 4) is 5.75 Å². The summed E-state index contributed by atoms with van der Waals surface area (Å²) in [4.78, 5) is 26.3. The Morgan fingerprint density at radius 1 is 1.12 bits per heavy atom. The summed E-state index contributed by atoms with van der Waals surface area (Å²) in [5.74, 6) is -2.04. The van der Waals surface area contributed by atoms with Crippen LogP contribution in [0.3, 0.4) is 0 Å². The number of hydrogen-bond acceptors (Lipinski definition) is 3. The Morgan fingerprint density at radius 3 is 2.76 bits per heavy atom. The average molecular weight is 344 g/mol. The number of imide groups is 1. The van der Waals surface area contributed by atoms with Gasteiger partial charge in [0.25, 0.3) is 5.91 Å². The number of rotatable bonds is 2. The predicted octanol–water partition coefficient (Wildman–Crippen LogP) is 2.69. The Kier molecular flexibility index (Phi) is 3.45. The molecule has 2 heterocycles. The van der Waals surface area contributed by atoms with Crippen molar-refractivity contribution in [3.05, 3.63) is 65.2 Å². The Bertz CT molecular complexity index is 886. The van der Waals surface area contributed by atoms with Gasteiger partial charge in [-0.25, -0.2) is 13.6 Å². The summed E-state index contributed by atoms with van der Waals surface area (Å²) in [5.41, 5.74) is -0.710. The Morgan fingerprint density at radius 2 is 1.92 bits per heavy atom. The number of nitrogens with one attached hydrogen (secondary N) is 1. The van der Waals surface area contributed by atoms with Gasteiger partial charge in [0.1, 0.15) is 5.75 Å². The molecule has 1 atom stereocenters. The summed E-state index contributed by atoms with van der Waals surface area (Å²) in [7, 11) is 0. The van der Waals surface area contributed by atoms with Gasteiger partial charge in [-0.2, -0.15) is 0 Å². The zero-order chi connectivity index (χ0) is 17.6. The molecule has 1 fully saturated rings. The fourth-order valence-electron chi connectivity index (χ4n) is 3.36. The van der Waals surface area contributed by atoms with Gasteiger partial charge in [0, 0.05) is 17.5 Å². The van der Waals surface area contributed by atoms with Crippen molar-refractivity contribution in [2.45, 2.75) is 18.5 Å². The molecule has 1 N–H and O–H groups in total. The van der Waals surface area contributed by atoms with Gasteiger partial charge in [0.2, 0.25) is 0 Å². The molecule has 1 saturated heterocycles. The maximum Gasteiger partial charge on any atom is 0.325 e. The summed E-state index contributed by atoms with van der Waals surface area (Å²) in [6, 6.07) is 10.0. The van der Waals surface area contributed by atoms with Crippen LogP contribution in [0.1, 0.15) is 17.5 Å². The van der Waals surface area contributed by atoms with Crippen molar-refractivity contribution >= 4 is 11.9 Å². The third-order valence-electron chi connectivity index (χ3n) is 4.62. The third kappa shape index (κ3) is 2.26. The van der Waals surface area contributed by atoms with E-state index >= 15 is 0 Å². The van der Waals surface area contributed by atoms with Gasteiger partial charge < -0.3 is 10.1 Å². The number of ether oxygens (including phenoxy) is 1. The van der Waals surface area contributed by atoms with Crippen molar-refractivity contribution in [3.63, 3.8) is 0 Å². The molecule has 2 aromatic carbocycles. The summed E-state index contributed by atoms with van der Waals surface area (Å²) < 4.78 is 32.9. The van der Waals surface area contributed by atoms with Crippen LogP contribution in [0.2, 0.25) is 0 Å². The van der Waals surface area contributed by atoms with E-state index in [1.807, 2.05) is 0 Å². The van der Waals surface area contributed by atoms with Gasteiger partial charge in [-0.3, -0.25) is 9.69 Å². The highest BCUT2D eigenvalue weighted by atomic mass is 19.2. The van der Waals surface area contributed by atoms with E-state index in [2.05, 4.69) is 5.32 Å². The first-order valence-electron chi connectivity index (χ1n) is 7.82.